The van der Waals surface area contributed by atoms with Gasteiger partial charge < -0.3 is 0 Å². The zero-order valence-corrected chi connectivity index (χ0v) is 28.3. The molecule has 0 unspecified atom stereocenters. The third-order valence-corrected chi connectivity index (χ3v) is 6.31. The summed E-state index contributed by atoms with van der Waals surface area (Å²) in [5.74, 6) is 7.67. The second-order valence-electron chi connectivity index (χ2n) is 12.2. The molecule has 0 aromatic carbocycles. The van der Waals surface area contributed by atoms with E-state index >= 15 is 0 Å². The van der Waals surface area contributed by atoms with Gasteiger partial charge in [0.15, 0.2) is 0 Å². The van der Waals surface area contributed by atoms with Crippen molar-refractivity contribution in [3.63, 3.8) is 0 Å². The summed E-state index contributed by atoms with van der Waals surface area (Å²) in [6.45, 7) is 47.1. The van der Waals surface area contributed by atoms with Crippen LogP contribution in [0.4, 0.5) is 0 Å². The van der Waals surface area contributed by atoms with Gasteiger partial charge in [-0.1, -0.05) is 165 Å². The van der Waals surface area contributed by atoms with Gasteiger partial charge in [-0.3, -0.25) is 0 Å². The van der Waals surface area contributed by atoms with E-state index in [-0.39, 0.29) is 0 Å². The third kappa shape index (κ3) is 50.0. The van der Waals surface area contributed by atoms with Crippen LogP contribution < -0.4 is 0 Å². The van der Waals surface area contributed by atoms with E-state index < -0.39 is 0 Å². The molecule has 0 bridgehead atoms. The van der Waals surface area contributed by atoms with Crippen molar-refractivity contribution < 1.29 is 0 Å². The van der Waals surface area contributed by atoms with Crippen LogP contribution in [0.15, 0.2) is 0 Å². The lowest BCUT2D eigenvalue weighted by atomic mass is 9.88. The van der Waals surface area contributed by atoms with Crippen LogP contribution in [-0.4, -0.2) is 0 Å². The second-order valence-corrected chi connectivity index (χ2v) is 12.2. The molecular formula is C33H78. The maximum absolute atomic E-state index is 2.31. The highest BCUT2D eigenvalue weighted by Crippen LogP contribution is 2.19. The molecule has 0 atom stereocenters. The van der Waals surface area contributed by atoms with E-state index in [9.17, 15) is 0 Å². The van der Waals surface area contributed by atoms with Gasteiger partial charge in [0.2, 0.25) is 0 Å². The van der Waals surface area contributed by atoms with E-state index in [1.807, 2.05) is 0 Å². The normalized spacial score (nSPS) is 10.4. The molecule has 0 spiro atoms. The highest BCUT2D eigenvalue weighted by molar-refractivity contribution is 4.61. The molecule has 0 amide bonds. The Bertz CT molecular complexity index is 211. The summed E-state index contributed by atoms with van der Waals surface area (Å²) < 4.78 is 0. The summed E-state index contributed by atoms with van der Waals surface area (Å²) in [4.78, 5) is 0. The predicted molar refractivity (Wildman–Crippen MR) is 164 cm³/mol. The largest absolute Gasteiger partial charge is 0.0656 e. The molecule has 0 aliphatic carbocycles. The molecule has 0 aliphatic rings. The first kappa shape index (κ1) is 46.4. The lowest BCUT2D eigenvalue weighted by molar-refractivity contribution is 0.316. The monoisotopic (exact) mass is 475 g/mol. The summed E-state index contributed by atoms with van der Waals surface area (Å²) in [6, 6.07) is 0. The molecule has 0 N–H and O–H groups in total. The molecule has 0 nitrogen and oxygen atoms in total. The minimum atomic E-state index is 0.843. The molecule has 0 heteroatoms. The SMILES string of the molecule is CC(C)C(C)C(C)C.CC(C)C(C)C(C)C.CC(C)C(C)C(C)C.CCC.CCC.CCC. The van der Waals surface area contributed by atoms with Gasteiger partial charge in [-0.15, -0.1) is 0 Å². The Kier molecular flexibility index (Phi) is 48.0. The average Bonchev–Trinajstić information content (AvgIpc) is 2.68. The number of hydrogen-bond acceptors (Lipinski definition) is 0. The van der Waals surface area contributed by atoms with Crippen molar-refractivity contribution in [1.82, 2.24) is 0 Å². The Morgan fingerprint density at radius 3 is 0.303 bits per heavy atom. The fraction of sp³-hybridized carbons (Fsp3) is 1.00. The summed E-state index contributed by atoms with van der Waals surface area (Å²) >= 11 is 0. The van der Waals surface area contributed by atoms with Gasteiger partial charge in [0, 0.05) is 0 Å². The second kappa shape index (κ2) is 34.2. The van der Waals surface area contributed by atoms with Crippen LogP contribution in [0, 0.1) is 53.3 Å². The summed E-state index contributed by atoms with van der Waals surface area (Å²) in [6.07, 6.45) is 3.75. The highest BCUT2D eigenvalue weighted by Gasteiger charge is 2.11. The van der Waals surface area contributed by atoms with E-state index in [1.165, 1.54) is 19.3 Å². The van der Waals surface area contributed by atoms with Crippen LogP contribution in [0.2, 0.25) is 0 Å². The predicted octanol–water partition coefficient (Wildman–Crippen LogP) is 13.1. The van der Waals surface area contributed by atoms with Crippen LogP contribution in [0.25, 0.3) is 0 Å². The topological polar surface area (TPSA) is 0 Å². The molecular weight excluding hydrogens is 396 g/mol. The van der Waals surface area contributed by atoms with Gasteiger partial charge in [0.1, 0.15) is 0 Å². The van der Waals surface area contributed by atoms with Gasteiger partial charge in [0.25, 0.3) is 0 Å². The molecule has 0 heterocycles. The molecule has 0 aromatic rings. The van der Waals surface area contributed by atoms with Crippen molar-refractivity contribution in [2.45, 2.75) is 165 Å². The van der Waals surface area contributed by atoms with Gasteiger partial charge >= 0.3 is 0 Å². The maximum atomic E-state index is 2.31. The van der Waals surface area contributed by atoms with Gasteiger partial charge in [-0.2, -0.15) is 0 Å². The summed E-state index contributed by atoms with van der Waals surface area (Å²) in [5.41, 5.74) is 0. The molecule has 0 saturated heterocycles. The Morgan fingerprint density at radius 2 is 0.303 bits per heavy atom. The fourth-order valence-electron chi connectivity index (χ4n) is 2.31. The van der Waals surface area contributed by atoms with Gasteiger partial charge in [-0.25, -0.2) is 0 Å². The summed E-state index contributed by atoms with van der Waals surface area (Å²) in [7, 11) is 0. The minimum Gasteiger partial charge on any atom is -0.0656 e. The van der Waals surface area contributed by atoms with E-state index in [1.54, 1.807) is 0 Å². The number of rotatable bonds is 6. The van der Waals surface area contributed by atoms with Crippen LogP contribution in [-0.2, 0) is 0 Å². The summed E-state index contributed by atoms with van der Waals surface area (Å²) in [5, 5.41) is 0. The Labute approximate surface area is 217 Å². The molecule has 0 rings (SSSR count). The van der Waals surface area contributed by atoms with Gasteiger partial charge in [0.05, 0.1) is 0 Å². The van der Waals surface area contributed by atoms with E-state index in [2.05, 4.69) is 145 Å². The van der Waals surface area contributed by atoms with E-state index in [0.717, 1.165) is 53.3 Å². The first-order valence-corrected chi connectivity index (χ1v) is 14.9. The Hall–Kier alpha value is 0. The fourth-order valence-corrected chi connectivity index (χ4v) is 2.31. The standard InChI is InChI=1S/3C8H18.3C3H8/c3*1-6(2)8(5)7(3)4;3*1-3-2/h3*6-8H,1-5H3;3*3H2,1-2H3. The van der Waals surface area contributed by atoms with Crippen LogP contribution in [0.5, 0.6) is 0 Å². The van der Waals surface area contributed by atoms with Crippen LogP contribution >= 0.6 is 0 Å². The van der Waals surface area contributed by atoms with Crippen molar-refractivity contribution in [3.8, 4) is 0 Å². The lowest BCUT2D eigenvalue weighted by Gasteiger charge is -2.18. The highest BCUT2D eigenvalue weighted by atomic mass is 14.2. The zero-order chi connectivity index (χ0) is 28.3. The molecule has 0 fully saturated rings. The van der Waals surface area contributed by atoms with Crippen molar-refractivity contribution in [2.24, 2.45) is 53.3 Å². The Morgan fingerprint density at radius 1 is 0.242 bits per heavy atom. The molecule has 210 valence electrons. The minimum absolute atomic E-state index is 0.843. The van der Waals surface area contributed by atoms with Crippen LogP contribution in [0.3, 0.4) is 0 Å². The van der Waals surface area contributed by atoms with E-state index in [0.29, 0.717) is 0 Å². The van der Waals surface area contributed by atoms with Crippen molar-refractivity contribution >= 4 is 0 Å². The van der Waals surface area contributed by atoms with Crippen LogP contribution in [0.1, 0.15) is 165 Å². The average molecular weight is 475 g/mol. The first-order chi connectivity index (χ1) is 14.9. The molecule has 0 aliphatic heterocycles. The van der Waals surface area contributed by atoms with E-state index in [4.69, 9.17) is 0 Å². The third-order valence-electron chi connectivity index (χ3n) is 6.31. The smallest absolute Gasteiger partial charge is 0.0396 e. The maximum Gasteiger partial charge on any atom is -0.0396 e. The molecule has 0 radical (unpaired) electrons. The Balaban J connectivity index is -0.0000000702. The van der Waals surface area contributed by atoms with Gasteiger partial charge in [-0.05, 0) is 53.3 Å². The number of hydrogen-bond donors (Lipinski definition) is 0. The van der Waals surface area contributed by atoms with Crippen molar-refractivity contribution in [1.29, 1.82) is 0 Å². The first-order valence-electron chi connectivity index (χ1n) is 14.9. The lowest BCUT2D eigenvalue weighted by Crippen LogP contribution is -2.10. The van der Waals surface area contributed by atoms with Crippen molar-refractivity contribution in [3.05, 3.63) is 0 Å². The molecule has 33 heavy (non-hydrogen) atoms. The molecule has 0 saturated carbocycles. The van der Waals surface area contributed by atoms with Crippen molar-refractivity contribution in [2.75, 3.05) is 0 Å². The molecule has 0 aromatic heterocycles. The zero-order valence-electron chi connectivity index (χ0n) is 28.3. The quantitative estimate of drug-likeness (QED) is 0.359.